The first-order valence-corrected chi connectivity index (χ1v) is 21.0. The molecule has 1 aliphatic rings. The van der Waals surface area contributed by atoms with Crippen LogP contribution >= 0.6 is 0 Å². The lowest BCUT2D eigenvalue weighted by Gasteiger charge is -2.34. The largest absolute Gasteiger partial charge is 0.455 e. The van der Waals surface area contributed by atoms with Gasteiger partial charge >= 0.3 is 0 Å². The highest BCUT2D eigenvalue weighted by atomic mass is 16.3. The minimum Gasteiger partial charge on any atom is -0.455 e. The zero-order chi connectivity index (χ0) is 40.3. The summed E-state index contributed by atoms with van der Waals surface area (Å²) in [6.45, 7) is 0. The van der Waals surface area contributed by atoms with Gasteiger partial charge in [-0.2, -0.15) is 0 Å². The highest BCUT2D eigenvalue weighted by Gasteiger charge is 2.45. The number of fused-ring (bicyclic) bond motifs is 9. The van der Waals surface area contributed by atoms with E-state index < -0.39 is 5.41 Å². The molecule has 0 spiro atoms. The van der Waals surface area contributed by atoms with E-state index in [1.807, 2.05) is 0 Å². The zero-order valence-corrected chi connectivity index (χ0v) is 33.4. The maximum atomic E-state index is 7.00. The minimum atomic E-state index is -0.453. The quantitative estimate of drug-likeness (QED) is 0.150. The van der Waals surface area contributed by atoms with Crippen molar-refractivity contribution in [2.45, 2.75) is 5.41 Å². The van der Waals surface area contributed by atoms with Crippen molar-refractivity contribution in [2.24, 2.45) is 0 Å². The standard InChI is InChI=1S/C59H39NO/c1-4-18-41(19-5-1)57-55(56-51-28-12-10-24-47(51)48-25-11-13-29-52(48)58(56)61-57)40-32-36-45(37-33-40)60(44-22-8-3-9-23-44)46-38-34-43(35-39-46)59(42-20-6-2-7-21-42)53-30-16-14-26-49(53)50-27-15-17-31-54(50)59/h1-39H. The predicted octanol–water partition coefficient (Wildman–Crippen LogP) is 15.9. The molecule has 0 atom stereocenters. The van der Waals surface area contributed by atoms with Crippen LogP contribution < -0.4 is 4.90 Å². The molecule has 1 aliphatic carbocycles. The first kappa shape index (κ1) is 35.0. The smallest absolute Gasteiger partial charge is 0.143 e. The van der Waals surface area contributed by atoms with Gasteiger partial charge in [-0.3, -0.25) is 0 Å². The van der Waals surface area contributed by atoms with Gasteiger partial charge in [0.1, 0.15) is 11.3 Å². The maximum absolute atomic E-state index is 7.00. The van der Waals surface area contributed by atoms with Gasteiger partial charge < -0.3 is 9.32 Å². The molecular formula is C59H39NO. The van der Waals surface area contributed by atoms with Crippen LogP contribution in [0.15, 0.2) is 241 Å². The molecule has 286 valence electrons. The first-order chi connectivity index (χ1) is 30.3. The van der Waals surface area contributed by atoms with Crippen molar-refractivity contribution in [1.82, 2.24) is 0 Å². The fourth-order valence-corrected chi connectivity index (χ4v) is 10.2. The van der Waals surface area contributed by atoms with Gasteiger partial charge in [-0.25, -0.2) is 0 Å². The first-order valence-electron chi connectivity index (χ1n) is 21.0. The van der Waals surface area contributed by atoms with Gasteiger partial charge in [0.2, 0.25) is 0 Å². The minimum absolute atomic E-state index is 0.453. The third kappa shape index (κ3) is 5.36. The molecule has 0 unspecified atom stereocenters. The maximum Gasteiger partial charge on any atom is 0.143 e. The van der Waals surface area contributed by atoms with Crippen LogP contribution in [-0.4, -0.2) is 0 Å². The molecule has 0 saturated heterocycles. The Labute approximate surface area is 355 Å². The van der Waals surface area contributed by atoms with E-state index in [4.69, 9.17) is 4.42 Å². The van der Waals surface area contributed by atoms with Gasteiger partial charge in [-0.05, 0) is 91.5 Å². The molecule has 0 saturated carbocycles. The van der Waals surface area contributed by atoms with Crippen molar-refractivity contribution >= 4 is 49.6 Å². The summed E-state index contributed by atoms with van der Waals surface area (Å²) in [6.07, 6.45) is 0. The van der Waals surface area contributed by atoms with Crippen LogP contribution in [0.4, 0.5) is 17.1 Å². The molecule has 0 N–H and O–H groups in total. The van der Waals surface area contributed by atoms with Crippen LogP contribution in [0.5, 0.6) is 0 Å². The Hall–Kier alpha value is -7.94. The molecule has 11 aromatic rings. The van der Waals surface area contributed by atoms with E-state index in [1.54, 1.807) is 0 Å². The van der Waals surface area contributed by atoms with E-state index in [9.17, 15) is 0 Å². The fraction of sp³-hybridized carbons (Fsp3) is 0.0169. The third-order valence-corrected chi connectivity index (χ3v) is 12.7. The monoisotopic (exact) mass is 777 g/mol. The lowest BCUT2D eigenvalue weighted by molar-refractivity contribution is 0.636. The molecular weight excluding hydrogens is 739 g/mol. The van der Waals surface area contributed by atoms with Gasteiger partial charge in [0.25, 0.3) is 0 Å². The summed E-state index contributed by atoms with van der Waals surface area (Å²) < 4.78 is 7.00. The summed E-state index contributed by atoms with van der Waals surface area (Å²) in [5.41, 5.74) is 14.7. The molecule has 0 bridgehead atoms. The number of anilines is 3. The number of nitrogens with zero attached hydrogens (tertiary/aromatic N) is 1. The number of para-hydroxylation sites is 1. The Bertz CT molecular complexity index is 3340. The molecule has 10 aromatic carbocycles. The van der Waals surface area contributed by atoms with Crippen LogP contribution in [0, 0.1) is 0 Å². The van der Waals surface area contributed by atoms with Crippen molar-refractivity contribution in [3.05, 3.63) is 259 Å². The second kappa shape index (κ2) is 14.1. The Morgan fingerprint density at radius 2 is 0.770 bits per heavy atom. The normalized spacial score (nSPS) is 12.7. The van der Waals surface area contributed by atoms with E-state index in [-0.39, 0.29) is 0 Å². The zero-order valence-electron chi connectivity index (χ0n) is 33.4. The van der Waals surface area contributed by atoms with Crippen molar-refractivity contribution < 1.29 is 4.42 Å². The second-order valence-corrected chi connectivity index (χ2v) is 15.9. The average molecular weight is 778 g/mol. The number of benzene rings is 10. The van der Waals surface area contributed by atoms with Gasteiger partial charge in [0.15, 0.2) is 0 Å². The number of hydrogen-bond donors (Lipinski definition) is 0. The van der Waals surface area contributed by atoms with Gasteiger partial charge in [0.05, 0.1) is 5.41 Å². The van der Waals surface area contributed by atoms with Crippen LogP contribution in [0.2, 0.25) is 0 Å². The van der Waals surface area contributed by atoms with E-state index in [0.29, 0.717) is 0 Å². The molecule has 1 aromatic heterocycles. The second-order valence-electron chi connectivity index (χ2n) is 15.9. The van der Waals surface area contributed by atoms with Crippen molar-refractivity contribution in [1.29, 1.82) is 0 Å². The molecule has 2 nitrogen and oxygen atoms in total. The van der Waals surface area contributed by atoms with Crippen molar-refractivity contribution in [2.75, 3.05) is 4.90 Å². The summed E-state index contributed by atoms with van der Waals surface area (Å²) in [5.74, 6) is 0.878. The molecule has 0 radical (unpaired) electrons. The molecule has 61 heavy (non-hydrogen) atoms. The summed E-state index contributed by atoms with van der Waals surface area (Å²) in [6, 6.07) is 85.6. The molecule has 0 fully saturated rings. The average Bonchev–Trinajstić information content (AvgIpc) is 3.89. The molecule has 0 amide bonds. The number of rotatable bonds is 7. The van der Waals surface area contributed by atoms with E-state index in [0.717, 1.165) is 55.9 Å². The van der Waals surface area contributed by atoms with Gasteiger partial charge in [-0.1, -0.05) is 200 Å². The highest BCUT2D eigenvalue weighted by Crippen LogP contribution is 2.56. The summed E-state index contributed by atoms with van der Waals surface area (Å²) in [4.78, 5) is 2.35. The Morgan fingerprint density at radius 1 is 0.328 bits per heavy atom. The van der Waals surface area contributed by atoms with Gasteiger partial charge in [0, 0.05) is 39.0 Å². The SMILES string of the molecule is c1ccc(-c2oc3c4ccccc4c4ccccc4c3c2-c2ccc(N(c3ccccc3)c3ccc(C4(c5ccccc5)c5ccccc5-c5ccccc54)cc3)cc2)cc1. The van der Waals surface area contributed by atoms with Gasteiger partial charge in [-0.15, -0.1) is 0 Å². The Kier molecular flexibility index (Phi) is 8.11. The topological polar surface area (TPSA) is 16.4 Å². The summed E-state index contributed by atoms with van der Waals surface area (Å²) >= 11 is 0. The Balaban J connectivity index is 1.02. The molecule has 1 heterocycles. The third-order valence-electron chi connectivity index (χ3n) is 12.7. The molecule has 12 rings (SSSR count). The number of furan rings is 1. The van der Waals surface area contributed by atoms with Crippen molar-refractivity contribution in [3.8, 4) is 33.6 Å². The Morgan fingerprint density at radius 3 is 1.39 bits per heavy atom. The molecule has 0 aliphatic heterocycles. The van der Waals surface area contributed by atoms with Crippen LogP contribution in [-0.2, 0) is 5.41 Å². The number of hydrogen-bond acceptors (Lipinski definition) is 2. The summed E-state index contributed by atoms with van der Waals surface area (Å²) in [5, 5.41) is 5.86. The van der Waals surface area contributed by atoms with Crippen LogP contribution in [0.25, 0.3) is 66.1 Å². The lowest BCUT2D eigenvalue weighted by Crippen LogP contribution is -2.28. The summed E-state index contributed by atoms with van der Waals surface area (Å²) in [7, 11) is 0. The fourth-order valence-electron chi connectivity index (χ4n) is 10.2. The predicted molar refractivity (Wildman–Crippen MR) is 254 cm³/mol. The van der Waals surface area contributed by atoms with Crippen LogP contribution in [0.3, 0.4) is 0 Å². The van der Waals surface area contributed by atoms with E-state index >= 15 is 0 Å². The van der Waals surface area contributed by atoms with E-state index in [2.05, 4.69) is 241 Å². The van der Waals surface area contributed by atoms with Crippen LogP contribution in [0.1, 0.15) is 22.3 Å². The highest BCUT2D eigenvalue weighted by molar-refractivity contribution is 6.28. The van der Waals surface area contributed by atoms with E-state index in [1.165, 1.54) is 49.5 Å². The molecule has 2 heteroatoms. The lowest BCUT2D eigenvalue weighted by atomic mass is 9.68. The van der Waals surface area contributed by atoms with Crippen molar-refractivity contribution in [3.63, 3.8) is 0 Å².